The summed E-state index contributed by atoms with van der Waals surface area (Å²) in [5.74, 6) is 6.57. The number of hydrogen-bond acceptors (Lipinski definition) is 4. The van der Waals surface area contributed by atoms with Crippen LogP contribution in [0, 0.1) is 13.8 Å². The van der Waals surface area contributed by atoms with Crippen molar-refractivity contribution in [2.75, 3.05) is 7.11 Å². The molecule has 1 heterocycles. The highest BCUT2D eigenvalue weighted by molar-refractivity contribution is 5.48. The minimum atomic E-state index is -0.135. The second kappa shape index (κ2) is 5.82. The van der Waals surface area contributed by atoms with Gasteiger partial charge in [0.1, 0.15) is 5.75 Å². The summed E-state index contributed by atoms with van der Waals surface area (Å²) < 4.78 is 5.50. The van der Waals surface area contributed by atoms with E-state index in [9.17, 15) is 0 Å². The molecule has 0 saturated carbocycles. The number of aromatic nitrogens is 1. The number of aryl methyl sites for hydroxylation is 2. The van der Waals surface area contributed by atoms with Crippen molar-refractivity contribution in [1.29, 1.82) is 0 Å². The van der Waals surface area contributed by atoms with Gasteiger partial charge < -0.3 is 4.74 Å². The second-order valence-electron chi connectivity index (χ2n) is 4.58. The summed E-state index contributed by atoms with van der Waals surface area (Å²) in [6.45, 7) is 4.11. The number of nitrogens with zero attached hydrogens (tertiary/aromatic N) is 1. The Bertz CT molecular complexity index is 555. The van der Waals surface area contributed by atoms with E-state index >= 15 is 0 Å². The number of methoxy groups -OCH3 is 1. The van der Waals surface area contributed by atoms with Crippen molar-refractivity contribution in [3.8, 4) is 5.75 Å². The van der Waals surface area contributed by atoms with Crippen LogP contribution in [0.1, 0.15) is 28.3 Å². The number of ether oxygens (including phenoxy) is 1. The zero-order chi connectivity index (χ0) is 13.8. The van der Waals surface area contributed by atoms with Gasteiger partial charge in [-0.3, -0.25) is 10.8 Å². The van der Waals surface area contributed by atoms with Crippen molar-refractivity contribution >= 4 is 0 Å². The molecular formula is C15H19N3O. The van der Waals surface area contributed by atoms with Crippen LogP contribution in [0.25, 0.3) is 0 Å². The van der Waals surface area contributed by atoms with Crippen LogP contribution < -0.4 is 16.0 Å². The van der Waals surface area contributed by atoms with Crippen LogP contribution >= 0.6 is 0 Å². The first-order valence-corrected chi connectivity index (χ1v) is 6.18. The van der Waals surface area contributed by atoms with Crippen LogP contribution in [0.3, 0.4) is 0 Å². The molecule has 2 aromatic rings. The van der Waals surface area contributed by atoms with Crippen molar-refractivity contribution in [2.24, 2.45) is 5.84 Å². The number of hydrazine groups is 1. The van der Waals surface area contributed by atoms with E-state index in [4.69, 9.17) is 10.6 Å². The van der Waals surface area contributed by atoms with E-state index in [-0.39, 0.29) is 6.04 Å². The molecule has 100 valence electrons. The van der Waals surface area contributed by atoms with Crippen LogP contribution in [0.15, 0.2) is 36.7 Å². The standard InChI is InChI=1S/C15H19N3O/c1-10-7-11(2)14(13(8-10)19-3)15(18-16)12-5-4-6-17-9-12/h4-9,15,18H,16H2,1-3H3. The van der Waals surface area contributed by atoms with E-state index in [0.29, 0.717) is 0 Å². The molecule has 19 heavy (non-hydrogen) atoms. The van der Waals surface area contributed by atoms with Gasteiger partial charge in [0, 0.05) is 18.0 Å². The van der Waals surface area contributed by atoms with Gasteiger partial charge in [-0.05, 0) is 42.7 Å². The monoisotopic (exact) mass is 257 g/mol. The number of nitrogens with two attached hydrogens (primary N) is 1. The van der Waals surface area contributed by atoms with Gasteiger partial charge in [0.15, 0.2) is 0 Å². The maximum Gasteiger partial charge on any atom is 0.124 e. The van der Waals surface area contributed by atoms with Crippen LogP contribution in [0.2, 0.25) is 0 Å². The van der Waals surface area contributed by atoms with Gasteiger partial charge >= 0.3 is 0 Å². The minimum Gasteiger partial charge on any atom is -0.496 e. The van der Waals surface area contributed by atoms with Gasteiger partial charge in [-0.2, -0.15) is 0 Å². The predicted octanol–water partition coefficient (Wildman–Crippen LogP) is 2.26. The molecule has 0 bridgehead atoms. The summed E-state index contributed by atoms with van der Waals surface area (Å²) in [4.78, 5) is 4.15. The quantitative estimate of drug-likeness (QED) is 0.651. The molecule has 1 aromatic carbocycles. The molecule has 0 aliphatic heterocycles. The van der Waals surface area contributed by atoms with E-state index in [2.05, 4.69) is 23.4 Å². The first-order chi connectivity index (χ1) is 9.17. The molecule has 0 saturated heterocycles. The second-order valence-corrected chi connectivity index (χ2v) is 4.58. The van der Waals surface area contributed by atoms with Gasteiger partial charge in [0.25, 0.3) is 0 Å². The molecule has 0 fully saturated rings. The van der Waals surface area contributed by atoms with Crippen molar-refractivity contribution < 1.29 is 4.74 Å². The number of pyridine rings is 1. The number of nitrogens with one attached hydrogen (secondary N) is 1. The molecule has 1 atom stereocenters. The Kier molecular flexibility index (Phi) is 4.14. The van der Waals surface area contributed by atoms with Gasteiger partial charge in [-0.25, -0.2) is 5.43 Å². The zero-order valence-electron chi connectivity index (χ0n) is 11.5. The van der Waals surface area contributed by atoms with Gasteiger partial charge in [-0.15, -0.1) is 0 Å². The molecule has 0 aliphatic carbocycles. The third kappa shape index (κ3) is 2.75. The maximum atomic E-state index is 5.73. The number of benzene rings is 1. The fourth-order valence-electron chi connectivity index (χ4n) is 2.37. The average molecular weight is 257 g/mol. The molecule has 0 amide bonds. The fraction of sp³-hybridized carbons (Fsp3) is 0.267. The topological polar surface area (TPSA) is 60.2 Å². The number of hydrogen-bond donors (Lipinski definition) is 2. The Morgan fingerprint density at radius 2 is 2.11 bits per heavy atom. The molecule has 1 unspecified atom stereocenters. The molecule has 1 aromatic heterocycles. The van der Waals surface area contributed by atoms with Gasteiger partial charge in [0.05, 0.1) is 13.2 Å². The Morgan fingerprint density at radius 3 is 2.68 bits per heavy atom. The van der Waals surface area contributed by atoms with E-state index in [1.807, 2.05) is 31.3 Å². The van der Waals surface area contributed by atoms with Crippen LogP contribution in [0.4, 0.5) is 0 Å². The molecular weight excluding hydrogens is 238 g/mol. The lowest BCUT2D eigenvalue weighted by Gasteiger charge is -2.22. The van der Waals surface area contributed by atoms with Crippen molar-refractivity contribution in [3.05, 3.63) is 58.9 Å². The predicted molar refractivity (Wildman–Crippen MR) is 75.9 cm³/mol. The van der Waals surface area contributed by atoms with Crippen LogP contribution in [0.5, 0.6) is 5.75 Å². The lowest BCUT2D eigenvalue weighted by molar-refractivity contribution is 0.403. The highest BCUT2D eigenvalue weighted by Crippen LogP contribution is 2.33. The summed E-state index contributed by atoms with van der Waals surface area (Å²) in [5, 5.41) is 0. The molecule has 3 N–H and O–H groups in total. The van der Waals surface area contributed by atoms with Crippen molar-refractivity contribution in [2.45, 2.75) is 19.9 Å². The minimum absolute atomic E-state index is 0.135. The molecule has 0 radical (unpaired) electrons. The SMILES string of the molecule is COc1cc(C)cc(C)c1C(NN)c1cccnc1. The van der Waals surface area contributed by atoms with Crippen molar-refractivity contribution in [1.82, 2.24) is 10.4 Å². The molecule has 4 heteroatoms. The Hall–Kier alpha value is -1.91. The lowest BCUT2D eigenvalue weighted by Crippen LogP contribution is -2.29. The molecule has 0 aliphatic rings. The Morgan fingerprint density at radius 1 is 1.32 bits per heavy atom. The van der Waals surface area contributed by atoms with E-state index in [1.165, 1.54) is 5.56 Å². The zero-order valence-corrected chi connectivity index (χ0v) is 11.5. The summed E-state index contributed by atoms with van der Waals surface area (Å²) in [5.41, 5.74) is 7.21. The van der Waals surface area contributed by atoms with Crippen molar-refractivity contribution in [3.63, 3.8) is 0 Å². The molecule has 0 spiro atoms. The smallest absolute Gasteiger partial charge is 0.124 e. The first-order valence-electron chi connectivity index (χ1n) is 6.18. The first kappa shape index (κ1) is 13.5. The highest BCUT2D eigenvalue weighted by atomic mass is 16.5. The maximum absolute atomic E-state index is 5.73. The van der Waals surface area contributed by atoms with Gasteiger partial charge in [0.2, 0.25) is 0 Å². The fourth-order valence-corrected chi connectivity index (χ4v) is 2.37. The summed E-state index contributed by atoms with van der Waals surface area (Å²) >= 11 is 0. The summed E-state index contributed by atoms with van der Waals surface area (Å²) in [6, 6.07) is 7.90. The molecule has 4 nitrogen and oxygen atoms in total. The van der Waals surface area contributed by atoms with Gasteiger partial charge in [-0.1, -0.05) is 12.1 Å². The number of rotatable bonds is 4. The Labute approximate surface area is 113 Å². The van der Waals surface area contributed by atoms with E-state index in [0.717, 1.165) is 22.4 Å². The summed E-state index contributed by atoms with van der Waals surface area (Å²) in [6.07, 6.45) is 3.56. The van der Waals surface area contributed by atoms with Crippen LogP contribution in [-0.2, 0) is 0 Å². The molecule has 2 rings (SSSR count). The third-order valence-corrected chi connectivity index (χ3v) is 3.19. The average Bonchev–Trinajstić information content (AvgIpc) is 2.42. The summed E-state index contributed by atoms with van der Waals surface area (Å²) in [7, 11) is 1.68. The lowest BCUT2D eigenvalue weighted by atomic mass is 9.94. The highest BCUT2D eigenvalue weighted by Gasteiger charge is 2.19. The largest absolute Gasteiger partial charge is 0.496 e. The van der Waals surface area contributed by atoms with E-state index in [1.54, 1.807) is 13.3 Å². The Balaban J connectivity index is 2.55. The normalized spacial score (nSPS) is 12.2. The van der Waals surface area contributed by atoms with E-state index < -0.39 is 0 Å². The third-order valence-electron chi connectivity index (χ3n) is 3.19. The van der Waals surface area contributed by atoms with Crippen LogP contribution in [-0.4, -0.2) is 12.1 Å².